The zero-order valence-electron chi connectivity index (χ0n) is 36.5. The Labute approximate surface area is 364 Å². The lowest BCUT2D eigenvalue weighted by molar-refractivity contribution is -0.243. The number of fused-ring (bicyclic) bond motifs is 3. The Kier molecular flexibility index (Phi) is 13.8. The maximum atomic E-state index is 14.9. The molecule has 2 aliphatic heterocycles. The lowest BCUT2D eigenvalue weighted by atomic mass is 9.84. The minimum Gasteiger partial charge on any atom is -0.497 e. The third-order valence-electron chi connectivity index (χ3n) is 12.5. The van der Waals surface area contributed by atoms with Crippen molar-refractivity contribution in [3.63, 3.8) is 0 Å². The molecule has 1 saturated heterocycles. The molecule has 2 aliphatic carbocycles. The second-order valence-corrected chi connectivity index (χ2v) is 20.0. The van der Waals surface area contributed by atoms with Gasteiger partial charge >= 0.3 is 12.3 Å². The van der Waals surface area contributed by atoms with Crippen LogP contribution in [0.3, 0.4) is 0 Å². The first-order valence-electron chi connectivity index (χ1n) is 21.0. The lowest BCUT2D eigenvalue weighted by Gasteiger charge is -2.31. The van der Waals surface area contributed by atoms with Gasteiger partial charge in [0.1, 0.15) is 35.8 Å². The van der Waals surface area contributed by atoms with Crippen LogP contribution in [-0.4, -0.2) is 117 Å². The summed E-state index contributed by atoms with van der Waals surface area (Å²) in [6.07, 6.45) is 1.10. The number of sulfonamides is 1. The highest BCUT2D eigenvalue weighted by Gasteiger charge is 2.63. The van der Waals surface area contributed by atoms with E-state index in [1.54, 1.807) is 38.3 Å². The van der Waals surface area contributed by atoms with E-state index in [4.69, 9.17) is 18.9 Å². The highest BCUT2D eigenvalue weighted by atomic mass is 32.2. The molecule has 4 amide bonds. The van der Waals surface area contributed by atoms with Crippen LogP contribution in [0.25, 0.3) is 10.8 Å². The summed E-state index contributed by atoms with van der Waals surface area (Å²) in [5.74, 6) is -3.57. The van der Waals surface area contributed by atoms with Crippen LogP contribution in [0.2, 0.25) is 0 Å². The smallest absolute Gasteiger partial charge is 0.434 e. The topological polar surface area (TPSA) is 201 Å². The molecule has 63 heavy (non-hydrogen) atoms. The number of halogens is 3. The van der Waals surface area contributed by atoms with Crippen LogP contribution >= 0.6 is 0 Å². The van der Waals surface area contributed by atoms with Crippen molar-refractivity contribution in [2.75, 3.05) is 34.0 Å². The molecule has 3 fully saturated rings. The molecule has 2 unspecified atom stereocenters. The predicted molar refractivity (Wildman–Crippen MR) is 224 cm³/mol. The number of carbonyl (C=O) groups is 4. The minimum absolute atomic E-state index is 0.00378. The summed E-state index contributed by atoms with van der Waals surface area (Å²) in [5, 5.41) is 3.93. The fourth-order valence-electron chi connectivity index (χ4n) is 7.97. The molecule has 4 aliphatic rings. The number of rotatable bonds is 12. The van der Waals surface area contributed by atoms with Crippen molar-refractivity contribution < 1.29 is 64.5 Å². The third-order valence-corrected chi connectivity index (χ3v) is 14.7. The molecule has 0 bridgehead atoms. The fourth-order valence-corrected chi connectivity index (χ4v) is 9.28. The molecule has 0 radical (unpaired) electrons. The predicted octanol–water partition coefficient (Wildman–Crippen LogP) is 5.67. The highest BCUT2D eigenvalue weighted by Crippen LogP contribution is 2.48. The molecule has 16 nitrogen and oxygen atoms in total. The normalized spacial score (nSPS) is 28.2. The van der Waals surface area contributed by atoms with Crippen molar-refractivity contribution in [2.24, 2.45) is 28.7 Å². The van der Waals surface area contributed by atoms with Gasteiger partial charge in [-0.2, -0.15) is 18.2 Å². The van der Waals surface area contributed by atoms with Crippen LogP contribution in [0.4, 0.5) is 18.0 Å². The van der Waals surface area contributed by atoms with Gasteiger partial charge in [-0.3, -0.25) is 19.1 Å². The van der Waals surface area contributed by atoms with Crippen molar-refractivity contribution in [3.8, 4) is 17.4 Å². The van der Waals surface area contributed by atoms with Crippen molar-refractivity contribution in [1.82, 2.24) is 19.9 Å². The van der Waals surface area contributed by atoms with E-state index in [1.165, 1.54) is 25.1 Å². The van der Waals surface area contributed by atoms with E-state index in [2.05, 4.69) is 24.8 Å². The van der Waals surface area contributed by atoms with E-state index < -0.39 is 85.8 Å². The second kappa shape index (κ2) is 18.3. The maximum absolute atomic E-state index is 14.9. The summed E-state index contributed by atoms with van der Waals surface area (Å²) in [5.41, 5.74) is -4.52. The Bertz CT molecular complexity index is 2250. The maximum Gasteiger partial charge on any atom is 0.434 e. The average molecular weight is 908 g/mol. The van der Waals surface area contributed by atoms with Gasteiger partial charge in [-0.05, 0) is 89.3 Å². The van der Waals surface area contributed by atoms with E-state index in [-0.39, 0.29) is 37.8 Å². The minimum atomic E-state index is -4.90. The van der Waals surface area contributed by atoms with Gasteiger partial charge in [0, 0.05) is 36.4 Å². The Hall–Kier alpha value is -4.98. The van der Waals surface area contributed by atoms with Gasteiger partial charge in [0.2, 0.25) is 33.3 Å². The number of amides is 4. The number of carbonyl (C=O) groups excluding carboxylic acids is 4. The largest absolute Gasteiger partial charge is 0.497 e. The third kappa shape index (κ3) is 10.4. The molecule has 0 spiro atoms. The second-order valence-electron chi connectivity index (χ2n) is 17.8. The molecule has 20 heteroatoms. The van der Waals surface area contributed by atoms with E-state index in [9.17, 15) is 40.8 Å². The van der Waals surface area contributed by atoms with E-state index in [0.717, 1.165) is 6.21 Å². The van der Waals surface area contributed by atoms with Crippen LogP contribution in [0.15, 0.2) is 41.5 Å². The van der Waals surface area contributed by atoms with E-state index >= 15 is 0 Å². The van der Waals surface area contributed by atoms with Crippen LogP contribution in [-0.2, 0) is 33.9 Å². The number of allylic oxidation sites excluding steroid dienone is 1. The summed E-state index contributed by atoms with van der Waals surface area (Å²) in [6.45, 7) is 6.95. The van der Waals surface area contributed by atoms with E-state index in [1.807, 2.05) is 13.0 Å². The van der Waals surface area contributed by atoms with Crippen LogP contribution in [0, 0.1) is 23.7 Å². The van der Waals surface area contributed by atoms with Gasteiger partial charge in [-0.25, -0.2) is 18.2 Å². The zero-order chi connectivity index (χ0) is 46.1. The number of methoxy groups -OCH3 is 2. The molecule has 2 N–H and O–H groups in total. The monoisotopic (exact) mass is 907 g/mol. The number of alkyl halides is 3. The summed E-state index contributed by atoms with van der Waals surface area (Å²) < 4.78 is 96.0. The standard InChI is InChI=1S/C43H56F3N5O11S/c1-25-10-8-9-11-27-21-42(27,38(54)50-63(56,57)41(5)14-15-41)49-35(52)33-20-29(61-36-30-13-12-28(59-7)19-31(30)34(23-47-36)60-17-16-58-6)24-51(33)37(53)32(26(2)18-25)22-48-39(55)62-40(3,4)43(44,45)46/h9,11-13,19,22-23,25-27,29,32-33H,8,10,14-18,20-21,24H2,1-7H3,(H,49,52)(H,50,54)/b11-9-,48-22?/t25-,26+,27+,29?,32?,33-,42+/m0/s1. The average Bonchev–Trinajstić information content (AvgIpc) is 4.09. The summed E-state index contributed by atoms with van der Waals surface area (Å²) in [6, 6.07) is 3.86. The number of hydrogen-bond acceptors (Lipinski definition) is 12. The molecule has 346 valence electrons. The van der Waals surface area contributed by atoms with Gasteiger partial charge in [0.25, 0.3) is 5.91 Å². The van der Waals surface area contributed by atoms with Crippen molar-refractivity contribution in [2.45, 2.75) is 114 Å². The quantitative estimate of drug-likeness (QED) is 0.151. The number of pyridine rings is 1. The van der Waals surface area contributed by atoms with Gasteiger partial charge in [-0.1, -0.05) is 26.0 Å². The highest BCUT2D eigenvalue weighted by molar-refractivity contribution is 7.91. The van der Waals surface area contributed by atoms with Crippen LogP contribution < -0.4 is 24.2 Å². The Morgan fingerprint density at radius 1 is 1.10 bits per heavy atom. The molecular weight excluding hydrogens is 852 g/mol. The number of aliphatic imine (C=N–C) groups is 1. The number of ether oxygens (including phenoxy) is 5. The molecule has 2 aromatic rings. The van der Waals surface area contributed by atoms with Crippen molar-refractivity contribution in [1.29, 1.82) is 0 Å². The van der Waals surface area contributed by atoms with Crippen LogP contribution in [0.5, 0.6) is 17.4 Å². The Morgan fingerprint density at radius 3 is 2.49 bits per heavy atom. The Balaban J connectivity index is 1.36. The summed E-state index contributed by atoms with van der Waals surface area (Å²) in [4.78, 5) is 65.7. The number of nitrogens with zero attached hydrogens (tertiary/aromatic N) is 3. The summed E-state index contributed by atoms with van der Waals surface area (Å²) in [7, 11) is -1.04. The fraction of sp³-hybridized carbons (Fsp3) is 0.628. The van der Waals surface area contributed by atoms with Crippen molar-refractivity contribution >= 4 is 50.8 Å². The molecule has 6 rings (SSSR count). The SMILES string of the molecule is COCCOc1cnc(OC2C[C@H]3C(=O)N[C@]4(C(=O)NS(=O)(=O)C5(C)CC5)C[C@H]4/C=C\CC[C@H](C)C[C@@H](C)C(C=NC(=O)OC(C)(C)C(F)(F)F)C(=O)N3C2)c2ccc(OC)cc12. The number of hydrogen-bond donors (Lipinski definition) is 2. The van der Waals surface area contributed by atoms with Gasteiger partial charge in [0.15, 0.2) is 0 Å². The molecule has 1 aromatic heterocycles. The summed E-state index contributed by atoms with van der Waals surface area (Å²) >= 11 is 0. The number of benzene rings is 1. The van der Waals surface area contributed by atoms with Gasteiger partial charge < -0.3 is 33.9 Å². The molecular formula is C43H56F3N5O11S. The zero-order valence-corrected chi connectivity index (χ0v) is 37.3. The van der Waals surface area contributed by atoms with Crippen molar-refractivity contribution in [3.05, 3.63) is 36.5 Å². The first-order chi connectivity index (χ1) is 29.5. The van der Waals surface area contributed by atoms with Gasteiger partial charge in [-0.15, -0.1) is 0 Å². The Morgan fingerprint density at radius 2 is 1.83 bits per heavy atom. The number of aromatic nitrogens is 1. The van der Waals surface area contributed by atoms with Gasteiger partial charge in [0.05, 0.1) is 37.1 Å². The lowest BCUT2D eigenvalue weighted by Crippen LogP contribution is -2.57. The molecule has 2 saturated carbocycles. The molecule has 1 aromatic carbocycles. The van der Waals surface area contributed by atoms with E-state index in [0.29, 0.717) is 74.8 Å². The molecule has 3 heterocycles. The first kappa shape index (κ1) is 47.5. The first-order valence-corrected chi connectivity index (χ1v) is 22.5. The van der Waals surface area contributed by atoms with Crippen LogP contribution in [0.1, 0.15) is 79.6 Å². The number of nitrogens with one attached hydrogen (secondary N) is 2. The molecule has 7 atom stereocenters.